The number of rotatable bonds is 5. The van der Waals surface area contributed by atoms with Crippen LogP contribution in [-0.2, 0) is 20.8 Å². The van der Waals surface area contributed by atoms with E-state index in [0.717, 1.165) is 25.7 Å². The zero-order valence-electron chi connectivity index (χ0n) is 13.5. The fourth-order valence-corrected chi connectivity index (χ4v) is 4.28. The second kappa shape index (κ2) is 6.88. The molecule has 0 atom stereocenters. The van der Waals surface area contributed by atoms with Crippen molar-refractivity contribution in [2.24, 2.45) is 5.73 Å². The minimum absolute atomic E-state index is 0.0789. The highest BCUT2D eigenvalue weighted by Gasteiger charge is 2.39. The molecule has 0 aromatic carbocycles. The van der Waals surface area contributed by atoms with E-state index in [9.17, 15) is 14.4 Å². The van der Waals surface area contributed by atoms with E-state index in [4.69, 9.17) is 5.73 Å². The lowest BCUT2D eigenvalue weighted by molar-refractivity contribution is -0.132. The fraction of sp³-hybridized carbons (Fsp3) is 0.625. The second-order valence-corrected chi connectivity index (χ2v) is 7.34. The number of nitrogens with two attached hydrogens (primary N) is 1. The van der Waals surface area contributed by atoms with Crippen molar-refractivity contribution in [3.63, 3.8) is 0 Å². The van der Waals surface area contributed by atoms with Gasteiger partial charge in [-0.25, -0.2) is 4.98 Å². The molecule has 0 bridgehead atoms. The summed E-state index contributed by atoms with van der Waals surface area (Å²) in [6.07, 6.45) is 5.52. The standard InChI is InChI=1S/C16H22N4O3S/c17-14(23)16(6-2-1-3-7-16)19-12(21)9-11-10-24-15(18-11)20-8-4-5-13(20)22/h10H,1-9H2,(H2,17,23)(H,19,21). The topological polar surface area (TPSA) is 105 Å². The number of carbonyl (C=O) groups is 3. The lowest BCUT2D eigenvalue weighted by atomic mass is 9.81. The van der Waals surface area contributed by atoms with Crippen LogP contribution in [0.25, 0.3) is 0 Å². The van der Waals surface area contributed by atoms with Gasteiger partial charge in [-0.2, -0.15) is 0 Å². The molecule has 1 aliphatic carbocycles. The number of hydrogen-bond donors (Lipinski definition) is 2. The van der Waals surface area contributed by atoms with Gasteiger partial charge >= 0.3 is 0 Å². The average Bonchev–Trinajstić information content (AvgIpc) is 3.16. The van der Waals surface area contributed by atoms with Gasteiger partial charge in [0.1, 0.15) is 5.54 Å². The maximum absolute atomic E-state index is 12.4. The van der Waals surface area contributed by atoms with Crippen LogP contribution in [0.15, 0.2) is 5.38 Å². The Morgan fingerprint density at radius 3 is 2.67 bits per heavy atom. The Labute approximate surface area is 144 Å². The van der Waals surface area contributed by atoms with E-state index >= 15 is 0 Å². The first-order valence-corrected chi connectivity index (χ1v) is 9.24. The Morgan fingerprint density at radius 1 is 1.29 bits per heavy atom. The monoisotopic (exact) mass is 350 g/mol. The molecule has 3 N–H and O–H groups in total. The lowest BCUT2D eigenvalue weighted by Gasteiger charge is -2.35. The zero-order valence-corrected chi connectivity index (χ0v) is 14.4. The second-order valence-electron chi connectivity index (χ2n) is 6.50. The van der Waals surface area contributed by atoms with Crippen LogP contribution in [0.5, 0.6) is 0 Å². The van der Waals surface area contributed by atoms with Crippen molar-refractivity contribution in [3.05, 3.63) is 11.1 Å². The van der Waals surface area contributed by atoms with Crippen LogP contribution in [0.1, 0.15) is 50.6 Å². The molecule has 2 aliphatic rings. The molecule has 0 spiro atoms. The SMILES string of the molecule is NC(=O)C1(NC(=O)Cc2csc(N3CCCC3=O)n2)CCCCC1. The number of anilines is 1. The van der Waals surface area contributed by atoms with E-state index < -0.39 is 11.4 Å². The van der Waals surface area contributed by atoms with Gasteiger partial charge in [0.2, 0.25) is 17.7 Å². The van der Waals surface area contributed by atoms with Crippen LogP contribution in [0.4, 0.5) is 5.13 Å². The van der Waals surface area contributed by atoms with Crippen molar-refractivity contribution in [2.75, 3.05) is 11.4 Å². The summed E-state index contributed by atoms with van der Waals surface area (Å²) < 4.78 is 0. The van der Waals surface area contributed by atoms with Crippen molar-refractivity contribution >= 4 is 34.2 Å². The zero-order chi connectivity index (χ0) is 17.2. The molecule has 24 heavy (non-hydrogen) atoms. The van der Waals surface area contributed by atoms with Crippen LogP contribution >= 0.6 is 11.3 Å². The van der Waals surface area contributed by atoms with Gasteiger partial charge in [-0.05, 0) is 19.3 Å². The molecule has 1 aliphatic heterocycles. The van der Waals surface area contributed by atoms with Gasteiger partial charge in [0.05, 0.1) is 12.1 Å². The molecular formula is C16H22N4O3S. The Morgan fingerprint density at radius 2 is 2.04 bits per heavy atom. The van der Waals surface area contributed by atoms with Crippen molar-refractivity contribution in [3.8, 4) is 0 Å². The highest BCUT2D eigenvalue weighted by Crippen LogP contribution is 2.29. The average molecular weight is 350 g/mol. The third-order valence-electron chi connectivity index (χ3n) is 4.74. The summed E-state index contributed by atoms with van der Waals surface area (Å²) in [7, 11) is 0. The highest BCUT2D eigenvalue weighted by atomic mass is 32.1. The Kier molecular flexibility index (Phi) is 4.84. The van der Waals surface area contributed by atoms with Gasteiger partial charge in [0, 0.05) is 18.3 Å². The van der Waals surface area contributed by atoms with E-state index in [0.29, 0.717) is 36.6 Å². The van der Waals surface area contributed by atoms with Crippen molar-refractivity contribution in [1.82, 2.24) is 10.3 Å². The van der Waals surface area contributed by atoms with Crippen molar-refractivity contribution < 1.29 is 14.4 Å². The maximum atomic E-state index is 12.4. The van der Waals surface area contributed by atoms with E-state index in [1.165, 1.54) is 11.3 Å². The highest BCUT2D eigenvalue weighted by molar-refractivity contribution is 7.14. The Balaban J connectivity index is 1.63. The first-order chi connectivity index (χ1) is 11.5. The van der Waals surface area contributed by atoms with Gasteiger partial charge in [-0.1, -0.05) is 19.3 Å². The van der Waals surface area contributed by atoms with Crippen LogP contribution in [0.3, 0.4) is 0 Å². The molecule has 3 rings (SSSR count). The summed E-state index contributed by atoms with van der Waals surface area (Å²) in [4.78, 5) is 42.0. The molecule has 0 radical (unpaired) electrons. The summed E-state index contributed by atoms with van der Waals surface area (Å²) in [5, 5.41) is 5.27. The molecule has 2 heterocycles. The molecular weight excluding hydrogens is 328 g/mol. The van der Waals surface area contributed by atoms with Gasteiger partial charge in [0.15, 0.2) is 5.13 Å². The third-order valence-corrected chi connectivity index (χ3v) is 5.66. The first-order valence-electron chi connectivity index (χ1n) is 8.36. The smallest absolute Gasteiger partial charge is 0.243 e. The number of thiazole rings is 1. The largest absolute Gasteiger partial charge is 0.368 e. The quantitative estimate of drug-likeness (QED) is 0.830. The summed E-state index contributed by atoms with van der Waals surface area (Å²) in [6.45, 7) is 0.683. The van der Waals surface area contributed by atoms with Crippen LogP contribution in [0.2, 0.25) is 0 Å². The molecule has 7 nitrogen and oxygen atoms in total. The van der Waals surface area contributed by atoms with Gasteiger partial charge in [0.25, 0.3) is 0 Å². The number of nitrogens with one attached hydrogen (secondary N) is 1. The van der Waals surface area contributed by atoms with Crippen LogP contribution in [0, 0.1) is 0 Å². The fourth-order valence-electron chi connectivity index (χ4n) is 3.42. The molecule has 1 saturated carbocycles. The summed E-state index contributed by atoms with van der Waals surface area (Å²) in [5.74, 6) is -0.632. The van der Waals surface area contributed by atoms with Gasteiger partial charge in [-0.15, -0.1) is 11.3 Å². The van der Waals surface area contributed by atoms with E-state index in [1.807, 2.05) is 0 Å². The van der Waals surface area contributed by atoms with E-state index in [2.05, 4.69) is 10.3 Å². The van der Waals surface area contributed by atoms with E-state index in [1.54, 1.807) is 10.3 Å². The minimum Gasteiger partial charge on any atom is -0.368 e. The summed E-state index contributed by atoms with van der Waals surface area (Å²) in [5.41, 5.74) is 5.23. The van der Waals surface area contributed by atoms with E-state index in [-0.39, 0.29) is 18.2 Å². The number of hydrogen-bond acceptors (Lipinski definition) is 5. The number of carbonyl (C=O) groups excluding carboxylic acids is 3. The number of nitrogens with zero attached hydrogens (tertiary/aromatic N) is 2. The molecule has 0 unspecified atom stereocenters. The predicted molar refractivity (Wildman–Crippen MR) is 90.6 cm³/mol. The van der Waals surface area contributed by atoms with Crippen molar-refractivity contribution in [2.45, 2.75) is 56.9 Å². The van der Waals surface area contributed by atoms with Crippen molar-refractivity contribution in [1.29, 1.82) is 0 Å². The van der Waals surface area contributed by atoms with Crippen LogP contribution in [-0.4, -0.2) is 34.8 Å². The number of primary amides is 1. The molecule has 3 amide bonds. The van der Waals surface area contributed by atoms with Crippen LogP contribution < -0.4 is 16.0 Å². The van der Waals surface area contributed by atoms with Gasteiger partial charge in [-0.3, -0.25) is 19.3 Å². The minimum atomic E-state index is -0.918. The Bertz CT molecular complexity index is 652. The third kappa shape index (κ3) is 3.43. The molecule has 1 saturated heterocycles. The Hall–Kier alpha value is -1.96. The lowest BCUT2D eigenvalue weighted by Crippen LogP contribution is -2.58. The molecule has 1 aromatic rings. The molecule has 1 aromatic heterocycles. The number of amides is 3. The summed E-state index contributed by atoms with van der Waals surface area (Å²) in [6, 6.07) is 0. The number of aromatic nitrogens is 1. The summed E-state index contributed by atoms with van der Waals surface area (Å²) >= 11 is 1.37. The maximum Gasteiger partial charge on any atom is 0.243 e. The first kappa shape index (κ1) is 16.9. The predicted octanol–water partition coefficient (Wildman–Crippen LogP) is 1.12. The molecule has 2 fully saturated rings. The van der Waals surface area contributed by atoms with Gasteiger partial charge < -0.3 is 11.1 Å². The normalized spacial score (nSPS) is 20.2. The molecule has 8 heteroatoms. The molecule has 130 valence electrons.